The second-order valence-corrected chi connectivity index (χ2v) is 5.03. The lowest BCUT2D eigenvalue weighted by Gasteiger charge is -2.34. The van der Waals surface area contributed by atoms with Crippen molar-refractivity contribution in [3.8, 4) is 0 Å². The molecule has 0 aromatic carbocycles. The summed E-state index contributed by atoms with van der Waals surface area (Å²) >= 11 is 7.83. The number of nitrogens with two attached hydrogens (primary N) is 1. The summed E-state index contributed by atoms with van der Waals surface area (Å²) in [5, 5.41) is 0.338. The fraction of sp³-hybridized carbons (Fsp3) is 0.556. The molecule has 0 spiro atoms. The zero-order valence-electron chi connectivity index (χ0n) is 8.48. The van der Waals surface area contributed by atoms with Gasteiger partial charge in [0, 0.05) is 24.1 Å². The average Bonchev–Trinajstić information content (AvgIpc) is 2.23. The summed E-state index contributed by atoms with van der Waals surface area (Å²) < 4.78 is 0. The number of anilines is 2. The predicted octanol–water partition coefficient (Wildman–Crippen LogP) is 1.65. The lowest BCUT2D eigenvalue weighted by atomic mass is 10.3. The Morgan fingerprint density at radius 2 is 2.40 bits per heavy atom. The highest BCUT2D eigenvalue weighted by molar-refractivity contribution is 7.99. The number of aromatic nitrogens is 2. The zero-order valence-corrected chi connectivity index (χ0v) is 10.1. The van der Waals surface area contributed by atoms with Crippen molar-refractivity contribution in [3.63, 3.8) is 0 Å². The molecule has 1 fully saturated rings. The molecule has 1 unspecified atom stereocenters. The quantitative estimate of drug-likeness (QED) is 0.762. The number of halogens is 1. The van der Waals surface area contributed by atoms with Crippen molar-refractivity contribution in [2.45, 2.75) is 13.0 Å². The summed E-state index contributed by atoms with van der Waals surface area (Å²) in [5.74, 6) is 2.97. The highest BCUT2D eigenvalue weighted by Gasteiger charge is 2.22. The lowest BCUT2D eigenvalue weighted by Crippen LogP contribution is -2.41. The molecule has 1 aromatic rings. The monoisotopic (exact) mass is 244 g/mol. The molecule has 2 heterocycles. The third kappa shape index (κ3) is 2.13. The van der Waals surface area contributed by atoms with Gasteiger partial charge in [0.25, 0.3) is 0 Å². The Hall–Kier alpha value is -0.680. The van der Waals surface area contributed by atoms with Crippen molar-refractivity contribution in [1.82, 2.24) is 9.97 Å². The number of rotatable bonds is 1. The first-order chi connectivity index (χ1) is 7.20. The highest BCUT2D eigenvalue weighted by atomic mass is 35.5. The first-order valence-corrected chi connectivity index (χ1v) is 6.33. The first kappa shape index (κ1) is 10.8. The molecule has 15 heavy (non-hydrogen) atoms. The normalized spacial score (nSPS) is 21.7. The third-order valence-electron chi connectivity index (χ3n) is 2.45. The zero-order chi connectivity index (χ0) is 10.8. The van der Waals surface area contributed by atoms with E-state index < -0.39 is 0 Å². The maximum atomic E-state index is 5.87. The minimum absolute atomic E-state index is 0.338. The van der Waals surface area contributed by atoms with Crippen LogP contribution in [-0.4, -0.2) is 34.1 Å². The molecule has 1 aliphatic heterocycles. The Bertz CT molecular complexity index is 360. The second kappa shape index (κ2) is 4.45. The van der Waals surface area contributed by atoms with Gasteiger partial charge in [-0.3, -0.25) is 0 Å². The number of nitrogen functional groups attached to an aromatic ring is 1. The third-order valence-corrected chi connectivity index (χ3v) is 3.94. The first-order valence-electron chi connectivity index (χ1n) is 4.80. The van der Waals surface area contributed by atoms with E-state index in [2.05, 4.69) is 21.8 Å². The van der Waals surface area contributed by atoms with Crippen molar-refractivity contribution in [2.24, 2.45) is 0 Å². The molecule has 0 radical (unpaired) electrons. The minimum Gasteiger partial charge on any atom is -0.393 e. The van der Waals surface area contributed by atoms with E-state index in [0.29, 0.717) is 16.9 Å². The topological polar surface area (TPSA) is 55.0 Å². The van der Waals surface area contributed by atoms with Gasteiger partial charge in [-0.2, -0.15) is 11.8 Å². The van der Waals surface area contributed by atoms with Gasteiger partial charge >= 0.3 is 0 Å². The van der Waals surface area contributed by atoms with E-state index in [1.54, 1.807) is 0 Å². The molecule has 0 saturated carbocycles. The Kier molecular flexibility index (Phi) is 3.21. The van der Waals surface area contributed by atoms with Crippen LogP contribution in [0.2, 0.25) is 5.15 Å². The molecule has 0 aliphatic carbocycles. The van der Waals surface area contributed by atoms with Crippen LogP contribution >= 0.6 is 23.4 Å². The number of hydrogen-bond donors (Lipinski definition) is 1. The Balaban J connectivity index is 2.31. The second-order valence-electron chi connectivity index (χ2n) is 3.52. The van der Waals surface area contributed by atoms with Gasteiger partial charge in [0.2, 0.25) is 0 Å². The van der Waals surface area contributed by atoms with E-state index in [0.717, 1.165) is 23.9 Å². The highest BCUT2D eigenvalue weighted by Crippen LogP contribution is 2.29. The molecule has 6 heteroatoms. The van der Waals surface area contributed by atoms with Crippen molar-refractivity contribution in [3.05, 3.63) is 11.5 Å². The largest absolute Gasteiger partial charge is 0.393 e. The number of thioether (sulfide) groups is 1. The Labute approximate surface area is 98.2 Å². The van der Waals surface area contributed by atoms with Crippen molar-refractivity contribution < 1.29 is 0 Å². The van der Waals surface area contributed by atoms with Gasteiger partial charge in [-0.25, -0.2) is 9.97 Å². The average molecular weight is 245 g/mol. The maximum Gasteiger partial charge on any atom is 0.157 e. The van der Waals surface area contributed by atoms with E-state index in [4.69, 9.17) is 17.3 Å². The van der Waals surface area contributed by atoms with Gasteiger partial charge in [0.05, 0.1) is 0 Å². The van der Waals surface area contributed by atoms with Crippen LogP contribution in [0.25, 0.3) is 0 Å². The summed E-state index contributed by atoms with van der Waals surface area (Å²) in [6.07, 6.45) is 1.46. The van der Waals surface area contributed by atoms with Gasteiger partial charge in [0.15, 0.2) is 11.0 Å². The summed E-state index contributed by atoms with van der Waals surface area (Å²) in [6.45, 7) is 3.13. The van der Waals surface area contributed by atoms with Crippen LogP contribution in [0.3, 0.4) is 0 Å². The molecule has 1 atom stereocenters. The molecule has 82 valence electrons. The van der Waals surface area contributed by atoms with Crippen LogP contribution in [0.1, 0.15) is 6.92 Å². The van der Waals surface area contributed by atoms with Crippen molar-refractivity contribution in [1.29, 1.82) is 0 Å². The maximum absolute atomic E-state index is 5.87. The van der Waals surface area contributed by atoms with Crippen LogP contribution < -0.4 is 10.6 Å². The fourth-order valence-electron chi connectivity index (χ4n) is 1.64. The molecule has 0 amide bonds. The molecule has 1 saturated heterocycles. The van der Waals surface area contributed by atoms with Crippen LogP contribution in [0.15, 0.2) is 6.33 Å². The predicted molar refractivity (Wildman–Crippen MR) is 65.6 cm³/mol. The van der Waals surface area contributed by atoms with Gasteiger partial charge in [-0.05, 0) is 6.92 Å². The number of nitrogens with zero attached hydrogens (tertiary/aromatic N) is 3. The van der Waals surface area contributed by atoms with E-state index in [9.17, 15) is 0 Å². The lowest BCUT2D eigenvalue weighted by molar-refractivity contribution is 0.690. The van der Waals surface area contributed by atoms with Gasteiger partial charge in [-0.1, -0.05) is 11.6 Å². The van der Waals surface area contributed by atoms with Crippen LogP contribution in [0, 0.1) is 0 Å². The van der Waals surface area contributed by atoms with E-state index in [1.165, 1.54) is 6.33 Å². The fourth-order valence-corrected chi connectivity index (χ4v) is 2.78. The Morgan fingerprint density at radius 1 is 1.60 bits per heavy atom. The molecule has 2 N–H and O–H groups in total. The van der Waals surface area contributed by atoms with Crippen LogP contribution in [0.5, 0.6) is 0 Å². The number of hydrogen-bond acceptors (Lipinski definition) is 5. The molecular weight excluding hydrogens is 232 g/mol. The molecule has 1 aromatic heterocycles. The smallest absolute Gasteiger partial charge is 0.157 e. The van der Waals surface area contributed by atoms with Gasteiger partial charge < -0.3 is 10.6 Å². The molecule has 4 nitrogen and oxygen atoms in total. The van der Waals surface area contributed by atoms with E-state index in [-0.39, 0.29) is 0 Å². The van der Waals surface area contributed by atoms with Gasteiger partial charge in [-0.15, -0.1) is 0 Å². The van der Waals surface area contributed by atoms with Crippen LogP contribution in [-0.2, 0) is 0 Å². The molecule has 2 rings (SSSR count). The molecule has 1 aliphatic rings. The minimum atomic E-state index is 0.338. The summed E-state index contributed by atoms with van der Waals surface area (Å²) in [6, 6.07) is 0.442. The standard InChI is InChI=1S/C9H13ClN4S/c1-6-4-15-3-2-14(6)9-7(11)8(10)12-5-13-9/h5-6H,2-4,11H2,1H3. The molecular formula is C9H13ClN4S. The SMILES string of the molecule is CC1CSCCN1c1ncnc(Cl)c1N. The summed E-state index contributed by atoms with van der Waals surface area (Å²) in [7, 11) is 0. The van der Waals surface area contributed by atoms with Crippen molar-refractivity contribution in [2.75, 3.05) is 28.7 Å². The van der Waals surface area contributed by atoms with E-state index in [1.807, 2.05) is 11.8 Å². The van der Waals surface area contributed by atoms with Crippen LogP contribution in [0.4, 0.5) is 11.5 Å². The Morgan fingerprint density at radius 3 is 3.13 bits per heavy atom. The summed E-state index contributed by atoms with van der Waals surface area (Å²) in [4.78, 5) is 10.3. The van der Waals surface area contributed by atoms with Gasteiger partial charge in [0.1, 0.15) is 12.0 Å². The van der Waals surface area contributed by atoms with Crippen molar-refractivity contribution >= 4 is 34.9 Å². The summed E-state index contributed by atoms with van der Waals surface area (Å²) in [5.41, 5.74) is 6.35. The molecule has 0 bridgehead atoms. The van der Waals surface area contributed by atoms with E-state index >= 15 is 0 Å².